The smallest absolute Gasteiger partial charge is 0.0764 e. The molecule has 0 saturated heterocycles. The normalized spacial score (nSPS) is 47.4. The number of rotatable bonds is 1. The zero-order valence-corrected chi connectivity index (χ0v) is 12.7. The van der Waals surface area contributed by atoms with Crippen LogP contribution in [0.1, 0.15) is 62.1 Å². The Bertz CT molecular complexity index is 570. The van der Waals surface area contributed by atoms with Gasteiger partial charge in [-0.2, -0.15) is 0 Å². The molecule has 0 aliphatic heterocycles. The van der Waals surface area contributed by atoms with E-state index in [4.69, 9.17) is 4.98 Å². The molecule has 6 atom stereocenters. The Kier molecular flexibility index (Phi) is 2.60. The van der Waals surface area contributed by atoms with Gasteiger partial charge in [-0.1, -0.05) is 12.5 Å². The second-order valence-corrected chi connectivity index (χ2v) is 8.05. The summed E-state index contributed by atoms with van der Waals surface area (Å²) in [5.74, 6) is 3.44. The number of hydrogen-bond donors (Lipinski definition) is 1. The van der Waals surface area contributed by atoms with Crippen LogP contribution in [-0.4, -0.2) is 15.7 Å². The molecule has 21 heavy (non-hydrogen) atoms. The average molecular weight is 283 g/mol. The van der Waals surface area contributed by atoms with Gasteiger partial charge in [0.2, 0.25) is 0 Å². The average Bonchev–Trinajstić information content (AvgIpc) is 3.18. The lowest BCUT2D eigenvalue weighted by atomic mass is 9.64. The SMILES string of the molecule is OC1(C2CCCc3cccnc32)CC2CC1C1CCCC21. The van der Waals surface area contributed by atoms with Crippen LogP contribution < -0.4 is 0 Å². The summed E-state index contributed by atoms with van der Waals surface area (Å²) in [6, 6.07) is 4.28. The Hall–Kier alpha value is -0.890. The highest BCUT2D eigenvalue weighted by Crippen LogP contribution is 2.65. The van der Waals surface area contributed by atoms with E-state index in [0.29, 0.717) is 11.8 Å². The maximum Gasteiger partial charge on any atom is 0.0764 e. The lowest BCUT2D eigenvalue weighted by Gasteiger charge is -2.45. The molecule has 4 aliphatic rings. The van der Waals surface area contributed by atoms with E-state index in [0.717, 1.165) is 37.0 Å². The third-order valence-corrected chi connectivity index (χ3v) is 7.33. The van der Waals surface area contributed by atoms with E-state index >= 15 is 0 Å². The summed E-state index contributed by atoms with van der Waals surface area (Å²) in [4.78, 5) is 4.70. The second-order valence-electron chi connectivity index (χ2n) is 8.05. The highest BCUT2D eigenvalue weighted by Gasteiger charge is 2.63. The molecule has 0 amide bonds. The van der Waals surface area contributed by atoms with E-state index in [1.54, 1.807) is 0 Å². The van der Waals surface area contributed by atoms with Gasteiger partial charge in [0.25, 0.3) is 0 Å². The van der Waals surface area contributed by atoms with Crippen LogP contribution in [0, 0.1) is 23.7 Å². The lowest BCUT2D eigenvalue weighted by molar-refractivity contribution is -0.0717. The van der Waals surface area contributed by atoms with Gasteiger partial charge in [0.05, 0.1) is 5.60 Å². The van der Waals surface area contributed by atoms with Gasteiger partial charge in [-0.05, 0) is 80.2 Å². The predicted molar refractivity (Wildman–Crippen MR) is 81.9 cm³/mol. The van der Waals surface area contributed by atoms with E-state index < -0.39 is 5.60 Å². The van der Waals surface area contributed by atoms with Gasteiger partial charge < -0.3 is 5.11 Å². The molecule has 1 aromatic heterocycles. The highest BCUT2D eigenvalue weighted by molar-refractivity contribution is 5.31. The quantitative estimate of drug-likeness (QED) is 0.852. The molecule has 4 aliphatic carbocycles. The summed E-state index contributed by atoms with van der Waals surface area (Å²) in [5.41, 5.74) is 2.18. The Morgan fingerprint density at radius 3 is 3.00 bits per heavy atom. The Morgan fingerprint density at radius 1 is 1.14 bits per heavy atom. The van der Waals surface area contributed by atoms with E-state index in [1.807, 2.05) is 6.20 Å². The van der Waals surface area contributed by atoms with Crippen molar-refractivity contribution in [3.8, 4) is 0 Å². The van der Waals surface area contributed by atoms with Gasteiger partial charge in [-0.25, -0.2) is 0 Å². The van der Waals surface area contributed by atoms with E-state index in [1.165, 1.54) is 43.4 Å². The highest BCUT2D eigenvalue weighted by atomic mass is 16.3. The summed E-state index contributed by atoms with van der Waals surface area (Å²) >= 11 is 0. The lowest BCUT2D eigenvalue weighted by Crippen LogP contribution is -2.47. The molecule has 6 unspecified atom stereocenters. The van der Waals surface area contributed by atoms with Crippen molar-refractivity contribution in [2.24, 2.45) is 23.7 Å². The maximum atomic E-state index is 11.7. The van der Waals surface area contributed by atoms with Gasteiger partial charge in [0.1, 0.15) is 0 Å². The van der Waals surface area contributed by atoms with Crippen molar-refractivity contribution >= 4 is 0 Å². The molecule has 2 heteroatoms. The number of hydrogen-bond acceptors (Lipinski definition) is 2. The number of aliphatic hydroxyl groups is 1. The maximum absolute atomic E-state index is 11.7. The summed E-state index contributed by atoms with van der Waals surface area (Å²) in [6.07, 6.45) is 12.0. The van der Waals surface area contributed by atoms with Gasteiger partial charge in [-0.15, -0.1) is 0 Å². The molecule has 0 spiro atoms. The number of fused-ring (bicyclic) bond motifs is 6. The molecule has 3 fully saturated rings. The van der Waals surface area contributed by atoms with Gasteiger partial charge in [-0.3, -0.25) is 4.98 Å². The van der Waals surface area contributed by atoms with Crippen LogP contribution in [0.25, 0.3) is 0 Å². The first-order valence-electron chi connectivity index (χ1n) is 8.93. The molecule has 0 radical (unpaired) electrons. The molecule has 112 valence electrons. The molecule has 2 nitrogen and oxygen atoms in total. The van der Waals surface area contributed by atoms with Crippen LogP contribution in [0.5, 0.6) is 0 Å². The molecule has 1 aromatic rings. The van der Waals surface area contributed by atoms with Crippen molar-refractivity contribution in [1.29, 1.82) is 0 Å². The molecule has 3 saturated carbocycles. The summed E-state index contributed by atoms with van der Waals surface area (Å²) in [7, 11) is 0. The zero-order chi connectivity index (χ0) is 14.0. The third kappa shape index (κ3) is 1.60. The zero-order valence-electron chi connectivity index (χ0n) is 12.7. The molecule has 1 N–H and O–H groups in total. The second kappa shape index (κ2) is 4.32. The summed E-state index contributed by atoms with van der Waals surface area (Å²) in [6.45, 7) is 0. The molecular formula is C19H25NO. The molecule has 5 rings (SSSR count). The van der Waals surface area contributed by atoms with Crippen LogP contribution in [-0.2, 0) is 6.42 Å². The van der Waals surface area contributed by atoms with E-state index in [-0.39, 0.29) is 0 Å². The van der Waals surface area contributed by atoms with Crippen LogP contribution >= 0.6 is 0 Å². The summed E-state index contributed by atoms with van der Waals surface area (Å²) in [5, 5.41) is 11.7. The van der Waals surface area contributed by atoms with Crippen LogP contribution in [0.3, 0.4) is 0 Å². The number of aryl methyl sites for hydroxylation is 1. The minimum absolute atomic E-state index is 0.305. The monoisotopic (exact) mass is 283 g/mol. The largest absolute Gasteiger partial charge is 0.389 e. The van der Waals surface area contributed by atoms with Gasteiger partial charge >= 0.3 is 0 Å². The molecule has 1 heterocycles. The Balaban J connectivity index is 1.54. The van der Waals surface area contributed by atoms with Crippen LogP contribution in [0.4, 0.5) is 0 Å². The fraction of sp³-hybridized carbons (Fsp3) is 0.737. The van der Waals surface area contributed by atoms with Crippen molar-refractivity contribution in [1.82, 2.24) is 4.98 Å². The predicted octanol–water partition coefficient (Wildman–Crippen LogP) is 3.69. The third-order valence-electron chi connectivity index (χ3n) is 7.33. The fourth-order valence-electron chi connectivity index (χ4n) is 6.66. The first-order chi connectivity index (χ1) is 10.3. The van der Waals surface area contributed by atoms with E-state index in [9.17, 15) is 5.11 Å². The first-order valence-corrected chi connectivity index (χ1v) is 8.93. The topological polar surface area (TPSA) is 33.1 Å². The first kappa shape index (κ1) is 12.6. The van der Waals surface area contributed by atoms with Crippen LogP contribution in [0.2, 0.25) is 0 Å². The Morgan fingerprint density at radius 2 is 2.05 bits per heavy atom. The molecule has 2 bridgehead atoms. The number of nitrogens with zero attached hydrogens (tertiary/aromatic N) is 1. The van der Waals surface area contributed by atoms with Crippen molar-refractivity contribution < 1.29 is 5.11 Å². The van der Waals surface area contributed by atoms with Crippen molar-refractivity contribution in [3.05, 3.63) is 29.6 Å². The number of pyridine rings is 1. The van der Waals surface area contributed by atoms with Crippen molar-refractivity contribution in [3.63, 3.8) is 0 Å². The van der Waals surface area contributed by atoms with Crippen molar-refractivity contribution in [2.75, 3.05) is 0 Å². The van der Waals surface area contributed by atoms with Crippen molar-refractivity contribution in [2.45, 2.75) is 62.9 Å². The van der Waals surface area contributed by atoms with Crippen LogP contribution in [0.15, 0.2) is 18.3 Å². The van der Waals surface area contributed by atoms with Gasteiger partial charge in [0.15, 0.2) is 0 Å². The summed E-state index contributed by atoms with van der Waals surface area (Å²) < 4.78 is 0. The minimum atomic E-state index is -0.445. The van der Waals surface area contributed by atoms with E-state index in [2.05, 4.69) is 12.1 Å². The minimum Gasteiger partial charge on any atom is -0.389 e. The standard InChI is InChI=1S/C19H25NO/c21-19(11-13-10-17(19)15-7-2-6-14(13)15)16-8-1-4-12-5-3-9-20-18(12)16/h3,5,9,13-17,21H,1-2,4,6-8,10-11H2. The molecule has 0 aromatic carbocycles. The fourth-order valence-corrected chi connectivity index (χ4v) is 6.66. The molecular weight excluding hydrogens is 258 g/mol. The number of aromatic nitrogens is 1. The van der Waals surface area contributed by atoms with Gasteiger partial charge in [0, 0.05) is 17.8 Å². The Labute approximate surface area is 127 Å².